The molecule has 0 spiro atoms. The molecule has 1 aromatic heterocycles. The normalized spacial score (nSPS) is 14.8. The summed E-state index contributed by atoms with van der Waals surface area (Å²) < 4.78 is 29.8. The van der Waals surface area contributed by atoms with Gasteiger partial charge >= 0.3 is 0 Å². The molecule has 1 aromatic carbocycles. The largest absolute Gasteiger partial charge is 0.437 e. The SMILES string of the molecule is Cc1c(Oc2ccc(S(=O)(=O)C3CC3)cc2Cl)nc[nH]c1=O. The summed E-state index contributed by atoms with van der Waals surface area (Å²) in [5.41, 5.74) is 0.00213. The van der Waals surface area contributed by atoms with Crippen LogP contribution in [-0.2, 0) is 9.84 Å². The highest BCUT2D eigenvalue weighted by atomic mass is 35.5. The number of hydrogen-bond acceptors (Lipinski definition) is 5. The Kier molecular flexibility index (Phi) is 3.70. The second-order valence-electron chi connectivity index (χ2n) is 5.10. The standard InChI is InChI=1S/C14H13ClN2O4S/c1-8-13(18)16-7-17-14(8)21-12-5-4-10(6-11(12)15)22(19,20)9-2-3-9/h4-7,9H,2-3H2,1H3,(H,16,17,18). The summed E-state index contributed by atoms with van der Waals surface area (Å²) in [4.78, 5) is 18.0. The van der Waals surface area contributed by atoms with Gasteiger partial charge in [0.05, 0.1) is 27.1 Å². The average Bonchev–Trinajstić information content (AvgIpc) is 3.30. The predicted octanol–water partition coefficient (Wildman–Crippen LogP) is 2.46. The van der Waals surface area contributed by atoms with E-state index in [0.29, 0.717) is 18.4 Å². The second-order valence-corrected chi connectivity index (χ2v) is 7.74. The van der Waals surface area contributed by atoms with Gasteiger partial charge < -0.3 is 9.72 Å². The van der Waals surface area contributed by atoms with Crippen LogP contribution in [0.3, 0.4) is 0 Å². The number of rotatable bonds is 4. The van der Waals surface area contributed by atoms with Crippen LogP contribution in [0.2, 0.25) is 5.02 Å². The molecular formula is C14H13ClN2O4S. The van der Waals surface area contributed by atoms with Gasteiger partial charge in [-0.1, -0.05) is 11.6 Å². The van der Waals surface area contributed by atoms with Crippen molar-refractivity contribution in [2.45, 2.75) is 29.9 Å². The molecule has 1 fully saturated rings. The maximum Gasteiger partial charge on any atom is 0.257 e. The maximum absolute atomic E-state index is 12.2. The van der Waals surface area contributed by atoms with E-state index < -0.39 is 9.84 Å². The lowest BCUT2D eigenvalue weighted by atomic mass is 10.3. The Morgan fingerprint density at radius 3 is 2.73 bits per heavy atom. The highest BCUT2D eigenvalue weighted by Gasteiger charge is 2.37. The molecular weight excluding hydrogens is 328 g/mol. The van der Waals surface area contributed by atoms with Crippen LogP contribution in [0.4, 0.5) is 0 Å². The minimum Gasteiger partial charge on any atom is -0.437 e. The number of sulfone groups is 1. The number of aromatic nitrogens is 2. The van der Waals surface area contributed by atoms with E-state index in [1.54, 1.807) is 6.92 Å². The molecule has 3 rings (SSSR count). The molecule has 1 aliphatic carbocycles. The minimum absolute atomic E-state index is 0.128. The van der Waals surface area contributed by atoms with Crippen LogP contribution in [0.25, 0.3) is 0 Å². The Balaban J connectivity index is 1.93. The quantitative estimate of drug-likeness (QED) is 0.923. The third kappa shape index (κ3) is 2.74. The molecule has 0 atom stereocenters. The zero-order chi connectivity index (χ0) is 15.9. The smallest absolute Gasteiger partial charge is 0.257 e. The zero-order valence-corrected chi connectivity index (χ0v) is 13.2. The van der Waals surface area contributed by atoms with E-state index in [-0.39, 0.29) is 32.4 Å². The zero-order valence-electron chi connectivity index (χ0n) is 11.7. The van der Waals surface area contributed by atoms with Crippen molar-refractivity contribution in [1.82, 2.24) is 9.97 Å². The molecule has 0 bridgehead atoms. The minimum atomic E-state index is -3.30. The number of halogens is 1. The van der Waals surface area contributed by atoms with Crippen molar-refractivity contribution in [3.05, 3.63) is 45.5 Å². The first kappa shape index (κ1) is 15.1. The lowest BCUT2D eigenvalue weighted by Crippen LogP contribution is -2.11. The number of aromatic amines is 1. The molecule has 1 N–H and O–H groups in total. The highest BCUT2D eigenvalue weighted by Crippen LogP contribution is 2.37. The molecule has 22 heavy (non-hydrogen) atoms. The maximum atomic E-state index is 12.2. The number of nitrogens with one attached hydrogen (secondary N) is 1. The van der Waals surface area contributed by atoms with E-state index in [2.05, 4.69) is 9.97 Å². The molecule has 0 radical (unpaired) electrons. The molecule has 0 unspecified atom stereocenters. The Morgan fingerprint density at radius 2 is 2.09 bits per heavy atom. The highest BCUT2D eigenvalue weighted by molar-refractivity contribution is 7.92. The number of H-pyrrole nitrogens is 1. The summed E-state index contributed by atoms with van der Waals surface area (Å²) in [5, 5.41) is -0.143. The Labute approximate surface area is 132 Å². The van der Waals surface area contributed by atoms with E-state index in [1.807, 2.05) is 0 Å². The molecule has 1 heterocycles. The van der Waals surface area contributed by atoms with E-state index in [1.165, 1.54) is 24.5 Å². The van der Waals surface area contributed by atoms with Crippen molar-refractivity contribution in [3.63, 3.8) is 0 Å². The van der Waals surface area contributed by atoms with Crippen molar-refractivity contribution in [1.29, 1.82) is 0 Å². The number of ether oxygens (including phenoxy) is 1. The van der Waals surface area contributed by atoms with Gasteiger partial charge in [0.1, 0.15) is 5.75 Å². The van der Waals surface area contributed by atoms with Gasteiger partial charge in [-0.05, 0) is 38.0 Å². The molecule has 2 aromatic rings. The van der Waals surface area contributed by atoms with Crippen molar-refractivity contribution < 1.29 is 13.2 Å². The Bertz CT molecular complexity index is 888. The molecule has 1 saturated carbocycles. The van der Waals surface area contributed by atoms with Crippen molar-refractivity contribution >= 4 is 21.4 Å². The molecule has 6 nitrogen and oxygen atoms in total. The van der Waals surface area contributed by atoms with Gasteiger partial charge in [0, 0.05) is 0 Å². The molecule has 1 aliphatic rings. The van der Waals surface area contributed by atoms with Gasteiger partial charge in [0.2, 0.25) is 5.88 Å². The van der Waals surface area contributed by atoms with Crippen LogP contribution in [-0.4, -0.2) is 23.6 Å². The van der Waals surface area contributed by atoms with Crippen molar-refractivity contribution in [2.24, 2.45) is 0 Å². The van der Waals surface area contributed by atoms with E-state index in [4.69, 9.17) is 16.3 Å². The van der Waals surface area contributed by atoms with Crippen LogP contribution in [0.5, 0.6) is 11.6 Å². The lowest BCUT2D eigenvalue weighted by Gasteiger charge is -2.10. The van der Waals surface area contributed by atoms with E-state index in [9.17, 15) is 13.2 Å². The molecule has 0 aliphatic heterocycles. The Morgan fingerprint density at radius 1 is 1.36 bits per heavy atom. The van der Waals surface area contributed by atoms with E-state index >= 15 is 0 Å². The predicted molar refractivity (Wildman–Crippen MR) is 81.3 cm³/mol. The third-order valence-corrected chi connectivity index (χ3v) is 6.00. The summed E-state index contributed by atoms with van der Waals surface area (Å²) in [5.74, 6) is 0.376. The summed E-state index contributed by atoms with van der Waals surface area (Å²) in [6.45, 7) is 1.57. The van der Waals surface area contributed by atoms with Gasteiger partial charge in [-0.25, -0.2) is 13.4 Å². The van der Waals surface area contributed by atoms with Crippen LogP contribution in [0.1, 0.15) is 18.4 Å². The van der Waals surface area contributed by atoms with Crippen molar-refractivity contribution in [3.8, 4) is 11.6 Å². The summed E-state index contributed by atoms with van der Waals surface area (Å²) in [6.07, 6.45) is 2.60. The topological polar surface area (TPSA) is 89.1 Å². The van der Waals surface area contributed by atoms with Gasteiger partial charge in [0.15, 0.2) is 9.84 Å². The molecule has 0 saturated heterocycles. The average molecular weight is 341 g/mol. The Hall–Kier alpha value is -1.86. The fraction of sp³-hybridized carbons (Fsp3) is 0.286. The summed E-state index contributed by atoms with van der Waals surface area (Å²) in [6, 6.07) is 4.30. The first-order valence-electron chi connectivity index (χ1n) is 6.65. The molecule has 8 heteroatoms. The number of hydrogen-bond donors (Lipinski definition) is 1. The van der Waals surface area contributed by atoms with E-state index in [0.717, 1.165) is 0 Å². The van der Waals surface area contributed by atoms with Gasteiger partial charge in [-0.15, -0.1) is 0 Å². The van der Waals surface area contributed by atoms with Crippen molar-refractivity contribution in [2.75, 3.05) is 0 Å². The first-order valence-corrected chi connectivity index (χ1v) is 8.57. The molecule has 116 valence electrons. The number of nitrogens with zero attached hydrogens (tertiary/aromatic N) is 1. The summed E-state index contributed by atoms with van der Waals surface area (Å²) >= 11 is 6.10. The van der Waals surface area contributed by atoms with Gasteiger partial charge in [-0.3, -0.25) is 4.79 Å². The fourth-order valence-electron chi connectivity index (χ4n) is 1.97. The van der Waals surface area contributed by atoms with Crippen LogP contribution in [0.15, 0.2) is 34.2 Å². The second kappa shape index (κ2) is 5.40. The molecule has 0 amide bonds. The first-order chi connectivity index (χ1) is 10.4. The van der Waals surface area contributed by atoms with Crippen LogP contribution in [0, 0.1) is 6.92 Å². The summed E-state index contributed by atoms with van der Waals surface area (Å²) in [7, 11) is -3.30. The van der Waals surface area contributed by atoms with Crippen LogP contribution < -0.4 is 10.3 Å². The van der Waals surface area contributed by atoms with Gasteiger partial charge in [0.25, 0.3) is 5.56 Å². The monoisotopic (exact) mass is 340 g/mol. The van der Waals surface area contributed by atoms with Gasteiger partial charge in [-0.2, -0.15) is 0 Å². The fourth-order valence-corrected chi connectivity index (χ4v) is 3.94. The van der Waals surface area contributed by atoms with Crippen LogP contribution >= 0.6 is 11.6 Å². The number of benzene rings is 1. The lowest BCUT2D eigenvalue weighted by molar-refractivity contribution is 0.456. The third-order valence-electron chi connectivity index (χ3n) is 3.44.